The summed E-state index contributed by atoms with van der Waals surface area (Å²) in [6, 6.07) is 5.43. The Morgan fingerprint density at radius 3 is 2.62 bits per heavy atom. The molecule has 0 aliphatic carbocycles. The molecule has 1 saturated heterocycles. The van der Waals surface area contributed by atoms with Crippen LogP contribution in [0, 0.1) is 0 Å². The zero-order valence-electron chi connectivity index (χ0n) is 9.52. The minimum absolute atomic E-state index is 0.298. The SMILES string of the molecule is Oc1ccc(CCN2CCCCC2)c(S)c1. The van der Waals surface area contributed by atoms with Gasteiger partial charge in [0.1, 0.15) is 5.75 Å². The quantitative estimate of drug-likeness (QED) is 0.790. The predicted octanol–water partition coefficient (Wildman–Crippen LogP) is 2.71. The standard InChI is InChI=1S/C13H19NOS/c15-12-5-4-11(13(16)10-12)6-9-14-7-2-1-3-8-14/h4-5,10,15-16H,1-3,6-9H2. The fraction of sp³-hybridized carbons (Fsp3) is 0.538. The molecule has 0 bridgehead atoms. The number of likely N-dealkylation sites (tertiary alicyclic amines) is 1. The van der Waals surface area contributed by atoms with Gasteiger partial charge in [-0.05, 0) is 50.0 Å². The summed E-state index contributed by atoms with van der Waals surface area (Å²) in [5, 5.41) is 9.30. The summed E-state index contributed by atoms with van der Waals surface area (Å²) in [4.78, 5) is 3.42. The van der Waals surface area contributed by atoms with Gasteiger partial charge in [-0.15, -0.1) is 12.6 Å². The first-order valence-electron chi connectivity index (χ1n) is 5.99. The maximum absolute atomic E-state index is 9.30. The highest BCUT2D eigenvalue weighted by atomic mass is 32.1. The van der Waals surface area contributed by atoms with Crippen molar-refractivity contribution in [2.24, 2.45) is 0 Å². The van der Waals surface area contributed by atoms with Crippen molar-refractivity contribution >= 4 is 12.6 Å². The molecule has 1 aliphatic heterocycles. The van der Waals surface area contributed by atoms with E-state index in [1.807, 2.05) is 6.07 Å². The van der Waals surface area contributed by atoms with Crippen LogP contribution in [0.15, 0.2) is 23.1 Å². The van der Waals surface area contributed by atoms with Crippen LogP contribution in [0.1, 0.15) is 24.8 Å². The third-order valence-corrected chi connectivity index (χ3v) is 3.63. The van der Waals surface area contributed by atoms with E-state index < -0.39 is 0 Å². The van der Waals surface area contributed by atoms with Gasteiger partial charge in [0, 0.05) is 11.4 Å². The molecule has 2 nitrogen and oxygen atoms in total. The summed E-state index contributed by atoms with van der Waals surface area (Å²) in [7, 11) is 0. The lowest BCUT2D eigenvalue weighted by molar-refractivity contribution is 0.231. The van der Waals surface area contributed by atoms with Gasteiger partial charge in [0.2, 0.25) is 0 Å². The summed E-state index contributed by atoms with van der Waals surface area (Å²) in [5.74, 6) is 0.298. The smallest absolute Gasteiger partial charge is 0.116 e. The Labute approximate surface area is 103 Å². The molecule has 1 aromatic rings. The van der Waals surface area contributed by atoms with E-state index in [0.29, 0.717) is 5.75 Å². The molecule has 1 fully saturated rings. The van der Waals surface area contributed by atoms with Gasteiger partial charge in [-0.1, -0.05) is 12.5 Å². The highest BCUT2D eigenvalue weighted by Crippen LogP contribution is 2.21. The second-order valence-electron chi connectivity index (χ2n) is 4.47. The Kier molecular flexibility index (Phi) is 4.13. The van der Waals surface area contributed by atoms with Gasteiger partial charge in [0.25, 0.3) is 0 Å². The molecule has 0 atom stereocenters. The molecular formula is C13H19NOS. The van der Waals surface area contributed by atoms with Gasteiger partial charge in [0.05, 0.1) is 0 Å². The Morgan fingerprint density at radius 1 is 1.19 bits per heavy atom. The number of benzene rings is 1. The lowest BCUT2D eigenvalue weighted by Crippen LogP contribution is -2.31. The zero-order chi connectivity index (χ0) is 11.4. The molecule has 0 saturated carbocycles. The van der Waals surface area contributed by atoms with Crippen molar-refractivity contribution in [3.05, 3.63) is 23.8 Å². The summed E-state index contributed by atoms with van der Waals surface area (Å²) < 4.78 is 0. The normalized spacial score (nSPS) is 17.6. The average molecular weight is 237 g/mol. The fourth-order valence-electron chi connectivity index (χ4n) is 2.23. The first-order chi connectivity index (χ1) is 7.75. The van der Waals surface area contributed by atoms with Crippen molar-refractivity contribution in [3.8, 4) is 5.75 Å². The topological polar surface area (TPSA) is 23.5 Å². The van der Waals surface area contributed by atoms with Crippen LogP contribution in [0.5, 0.6) is 5.75 Å². The second-order valence-corrected chi connectivity index (χ2v) is 4.95. The second kappa shape index (κ2) is 5.60. The van der Waals surface area contributed by atoms with Crippen LogP contribution in [0.25, 0.3) is 0 Å². The largest absolute Gasteiger partial charge is 0.508 e. The van der Waals surface area contributed by atoms with Crippen LogP contribution in [-0.4, -0.2) is 29.6 Å². The van der Waals surface area contributed by atoms with Crippen molar-refractivity contribution in [1.82, 2.24) is 4.90 Å². The molecule has 0 spiro atoms. The summed E-state index contributed by atoms with van der Waals surface area (Å²) in [6.45, 7) is 3.58. The maximum atomic E-state index is 9.30. The van der Waals surface area contributed by atoms with Gasteiger partial charge < -0.3 is 10.0 Å². The molecule has 1 aromatic carbocycles. The molecule has 0 radical (unpaired) electrons. The van der Waals surface area contributed by atoms with Crippen LogP contribution in [0.2, 0.25) is 0 Å². The first-order valence-corrected chi connectivity index (χ1v) is 6.43. The lowest BCUT2D eigenvalue weighted by Gasteiger charge is -2.26. The summed E-state index contributed by atoms with van der Waals surface area (Å²) in [5.41, 5.74) is 1.23. The molecule has 1 aliphatic rings. The molecule has 16 heavy (non-hydrogen) atoms. The van der Waals surface area contributed by atoms with Crippen LogP contribution in [0.3, 0.4) is 0 Å². The number of nitrogens with zero attached hydrogens (tertiary/aromatic N) is 1. The molecule has 0 aromatic heterocycles. The van der Waals surface area contributed by atoms with Gasteiger partial charge in [0.15, 0.2) is 0 Å². The van der Waals surface area contributed by atoms with E-state index in [1.165, 1.54) is 37.9 Å². The van der Waals surface area contributed by atoms with E-state index in [9.17, 15) is 5.11 Å². The van der Waals surface area contributed by atoms with Crippen molar-refractivity contribution in [3.63, 3.8) is 0 Å². The minimum Gasteiger partial charge on any atom is -0.508 e. The van der Waals surface area contributed by atoms with E-state index in [2.05, 4.69) is 17.5 Å². The van der Waals surface area contributed by atoms with Crippen LogP contribution in [-0.2, 0) is 6.42 Å². The number of phenols is 1. The Hall–Kier alpha value is -0.670. The molecule has 0 amide bonds. The maximum Gasteiger partial charge on any atom is 0.116 e. The van der Waals surface area contributed by atoms with E-state index in [4.69, 9.17) is 0 Å². The van der Waals surface area contributed by atoms with Crippen LogP contribution in [0.4, 0.5) is 0 Å². The molecule has 1 heterocycles. The summed E-state index contributed by atoms with van der Waals surface area (Å²) in [6.07, 6.45) is 5.08. The molecule has 88 valence electrons. The molecule has 3 heteroatoms. The zero-order valence-corrected chi connectivity index (χ0v) is 10.4. The van der Waals surface area contributed by atoms with Crippen molar-refractivity contribution in [1.29, 1.82) is 0 Å². The van der Waals surface area contributed by atoms with Gasteiger partial charge in [-0.25, -0.2) is 0 Å². The van der Waals surface area contributed by atoms with E-state index in [-0.39, 0.29) is 0 Å². The Bertz CT molecular complexity index is 348. The minimum atomic E-state index is 0.298. The first kappa shape index (κ1) is 11.8. The average Bonchev–Trinajstić information content (AvgIpc) is 2.29. The number of hydrogen-bond donors (Lipinski definition) is 2. The van der Waals surface area contributed by atoms with Gasteiger partial charge in [-0.3, -0.25) is 0 Å². The molecular weight excluding hydrogens is 218 g/mol. The van der Waals surface area contributed by atoms with Gasteiger partial charge in [-0.2, -0.15) is 0 Å². The molecule has 1 N–H and O–H groups in total. The van der Waals surface area contributed by atoms with E-state index in [1.54, 1.807) is 12.1 Å². The predicted molar refractivity (Wildman–Crippen MR) is 69.4 cm³/mol. The highest BCUT2D eigenvalue weighted by Gasteiger charge is 2.10. The number of phenolic OH excluding ortho intramolecular Hbond substituents is 1. The number of aromatic hydroxyl groups is 1. The van der Waals surface area contributed by atoms with Crippen LogP contribution >= 0.6 is 12.6 Å². The van der Waals surface area contributed by atoms with E-state index >= 15 is 0 Å². The van der Waals surface area contributed by atoms with Gasteiger partial charge >= 0.3 is 0 Å². The van der Waals surface area contributed by atoms with E-state index in [0.717, 1.165) is 17.9 Å². The number of piperidine rings is 1. The van der Waals surface area contributed by atoms with Crippen molar-refractivity contribution in [2.75, 3.05) is 19.6 Å². The summed E-state index contributed by atoms with van der Waals surface area (Å²) >= 11 is 4.39. The number of thiol groups is 1. The van der Waals surface area contributed by atoms with Crippen molar-refractivity contribution < 1.29 is 5.11 Å². The third kappa shape index (κ3) is 3.16. The monoisotopic (exact) mass is 237 g/mol. The highest BCUT2D eigenvalue weighted by molar-refractivity contribution is 7.80. The Morgan fingerprint density at radius 2 is 1.94 bits per heavy atom. The molecule has 2 rings (SSSR count). The fourth-order valence-corrected chi connectivity index (χ4v) is 2.54. The lowest BCUT2D eigenvalue weighted by atomic mass is 10.1. The van der Waals surface area contributed by atoms with Crippen LogP contribution < -0.4 is 0 Å². The Balaban J connectivity index is 1.88. The molecule has 0 unspecified atom stereocenters. The third-order valence-electron chi connectivity index (χ3n) is 3.21. The number of rotatable bonds is 3. The van der Waals surface area contributed by atoms with Crippen molar-refractivity contribution in [2.45, 2.75) is 30.6 Å². The number of hydrogen-bond acceptors (Lipinski definition) is 3.